The van der Waals surface area contributed by atoms with E-state index in [1.807, 2.05) is 20.8 Å². The summed E-state index contributed by atoms with van der Waals surface area (Å²) in [7, 11) is 0. The molecule has 0 bridgehead atoms. The van der Waals surface area contributed by atoms with E-state index in [-0.39, 0.29) is 18.6 Å². The molecule has 0 aliphatic carbocycles. The number of ether oxygens (including phenoxy) is 2. The van der Waals surface area contributed by atoms with Gasteiger partial charge in [0, 0.05) is 6.54 Å². The zero-order valence-electron chi connectivity index (χ0n) is 12.4. The van der Waals surface area contributed by atoms with Gasteiger partial charge >= 0.3 is 6.09 Å². The average Bonchev–Trinajstić information content (AvgIpc) is 2.27. The van der Waals surface area contributed by atoms with Crippen LogP contribution in [0.1, 0.15) is 34.6 Å². The third kappa shape index (κ3) is 7.00. The molecule has 6 nitrogen and oxygen atoms in total. The molecule has 1 rings (SSSR count). The first-order chi connectivity index (χ1) is 8.72. The first-order valence-electron chi connectivity index (χ1n) is 6.38. The number of carbonyl (C=O) groups is 2. The van der Waals surface area contributed by atoms with Crippen molar-refractivity contribution < 1.29 is 24.2 Å². The van der Waals surface area contributed by atoms with Gasteiger partial charge in [0.1, 0.15) is 5.60 Å². The maximum absolute atomic E-state index is 12.0. The summed E-state index contributed by atoms with van der Waals surface area (Å²) in [5, 5.41) is 6.89. The summed E-state index contributed by atoms with van der Waals surface area (Å²) in [6.07, 6.45) is -0.227. The molecule has 0 aromatic rings. The molecule has 1 heterocycles. The number of rotatable bonds is 1. The lowest BCUT2D eigenvalue weighted by Gasteiger charge is -2.38. The summed E-state index contributed by atoms with van der Waals surface area (Å²) < 4.78 is 10.8. The molecule has 19 heavy (non-hydrogen) atoms. The summed E-state index contributed by atoms with van der Waals surface area (Å²) in [5.41, 5.74) is -0.434. The smallest absolute Gasteiger partial charge is 0.410 e. The van der Waals surface area contributed by atoms with Gasteiger partial charge in [0.15, 0.2) is 0 Å². The van der Waals surface area contributed by atoms with Gasteiger partial charge in [-0.1, -0.05) is 13.8 Å². The van der Waals surface area contributed by atoms with Crippen molar-refractivity contribution in [2.24, 2.45) is 5.92 Å². The van der Waals surface area contributed by atoms with Gasteiger partial charge in [-0.15, -0.1) is 0 Å². The van der Waals surface area contributed by atoms with Crippen molar-refractivity contribution in [2.75, 3.05) is 19.8 Å². The van der Waals surface area contributed by atoms with Crippen molar-refractivity contribution in [1.82, 2.24) is 4.90 Å². The molecule has 1 unspecified atom stereocenters. The fourth-order valence-electron chi connectivity index (χ4n) is 1.72. The summed E-state index contributed by atoms with van der Waals surface area (Å²) in [6, 6.07) is 0.128. The van der Waals surface area contributed by atoms with Gasteiger partial charge in [0.2, 0.25) is 0 Å². The van der Waals surface area contributed by atoms with Crippen LogP contribution in [0.15, 0.2) is 0 Å². The van der Waals surface area contributed by atoms with E-state index in [0.29, 0.717) is 25.7 Å². The van der Waals surface area contributed by atoms with E-state index < -0.39 is 5.60 Å². The van der Waals surface area contributed by atoms with Crippen LogP contribution in [0.2, 0.25) is 0 Å². The molecule has 1 amide bonds. The molecule has 112 valence electrons. The van der Waals surface area contributed by atoms with Crippen LogP contribution in [0.4, 0.5) is 4.79 Å². The van der Waals surface area contributed by atoms with Crippen molar-refractivity contribution in [1.29, 1.82) is 0 Å². The second kappa shape index (κ2) is 7.99. The van der Waals surface area contributed by atoms with E-state index in [1.54, 1.807) is 4.90 Å². The van der Waals surface area contributed by atoms with Gasteiger partial charge in [0.25, 0.3) is 6.47 Å². The normalized spacial score (nSPS) is 19.5. The Morgan fingerprint density at radius 2 is 2.00 bits per heavy atom. The predicted octanol–water partition coefficient (Wildman–Crippen LogP) is 1.98. The Morgan fingerprint density at radius 1 is 1.47 bits per heavy atom. The van der Waals surface area contributed by atoms with Gasteiger partial charge in [-0.25, -0.2) is 4.79 Å². The van der Waals surface area contributed by atoms with E-state index in [9.17, 15) is 4.79 Å². The largest absolute Gasteiger partial charge is 0.483 e. The number of hydrogen-bond acceptors (Lipinski definition) is 4. The van der Waals surface area contributed by atoms with E-state index in [2.05, 4.69) is 13.8 Å². The van der Waals surface area contributed by atoms with Gasteiger partial charge in [-0.05, 0) is 26.7 Å². The lowest BCUT2D eigenvalue weighted by Crippen LogP contribution is -2.52. The molecule has 0 saturated carbocycles. The minimum absolute atomic E-state index is 0.128. The van der Waals surface area contributed by atoms with Gasteiger partial charge in [-0.3, -0.25) is 4.79 Å². The Kier molecular flexibility index (Phi) is 7.44. The highest BCUT2D eigenvalue weighted by Gasteiger charge is 2.32. The second-order valence-electron chi connectivity index (χ2n) is 5.67. The molecule has 1 saturated heterocycles. The second-order valence-corrected chi connectivity index (χ2v) is 5.67. The van der Waals surface area contributed by atoms with Crippen LogP contribution in [0.5, 0.6) is 0 Å². The van der Waals surface area contributed by atoms with Gasteiger partial charge in [-0.2, -0.15) is 0 Å². The summed E-state index contributed by atoms with van der Waals surface area (Å²) in [5.74, 6) is 0.382. The van der Waals surface area contributed by atoms with Crippen LogP contribution in [0.3, 0.4) is 0 Å². The highest BCUT2D eigenvalue weighted by atomic mass is 16.6. The minimum atomic E-state index is -0.434. The highest BCUT2D eigenvalue weighted by Crippen LogP contribution is 2.19. The van der Waals surface area contributed by atoms with Gasteiger partial charge in [0.05, 0.1) is 19.3 Å². The number of morpholine rings is 1. The summed E-state index contributed by atoms with van der Waals surface area (Å²) in [4.78, 5) is 22.1. The van der Waals surface area contributed by atoms with Crippen molar-refractivity contribution in [2.45, 2.75) is 46.3 Å². The van der Waals surface area contributed by atoms with Crippen LogP contribution in [-0.2, 0) is 14.3 Å². The maximum atomic E-state index is 12.0. The van der Waals surface area contributed by atoms with Crippen molar-refractivity contribution in [3.63, 3.8) is 0 Å². The number of nitrogens with zero attached hydrogens (tertiary/aromatic N) is 1. The van der Waals surface area contributed by atoms with Crippen LogP contribution >= 0.6 is 0 Å². The number of carboxylic acid groups (broad SMARTS) is 1. The molecule has 0 aromatic heterocycles. The van der Waals surface area contributed by atoms with Crippen molar-refractivity contribution in [3.05, 3.63) is 0 Å². The van der Waals surface area contributed by atoms with Crippen molar-refractivity contribution in [3.8, 4) is 0 Å². The standard InChI is InChI=1S/C12H23NO3.CH2O2/c1-9(2)10-8-15-7-6-13(10)11(14)16-12(3,4)5;2-1-3/h9-10H,6-8H2,1-5H3;1H,(H,2,3). The van der Waals surface area contributed by atoms with Crippen LogP contribution < -0.4 is 0 Å². The maximum Gasteiger partial charge on any atom is 0.410 e. The average molecular weight is 275 g/mol. The first-order valence-corrected chi connectivity index (χ1v) is 6.38. The molecule has 1 aliphatic heterocycles. The molecule has 0 spiro atoms. The number of carbonyl (C=O) groups excluding carboxylic acids is 1. The summed E-state index contributed by atoms with van der Waals surface area (Å²) in [6.45, 7) is 11.4. The Balaban J connectivity index is 0.000000982. The summed E-state index contributed by atoms with van der Waals surface area (Å²) >= 11 is 0. The molecule has 1 aliphatic rings. The SMILES string of the molecule is CC(C)C1COCCN1C(=O)OC(C)(C)C.O=CO. The third-order valence-corrected chi connectivity index (χ3v) is 2.56. The zero-order valence-corrected chi connectivity index (χ0v) is 12.4. The van der Waals surface area contributed by atoms with Crippen LogP contribution in [-0.4, -0.2) is 54.0 Å². The van der Waals surface area contributed by atoms with Crippen LogP contribution in [0.25, 0.3) is 0 Å². The number of hydrogen-bond donors (Lipinski definition) is 1. The van der Waals surface area contributed by atoms with E-state index in [4.69, 9.17) is 19.4 Å². The zero-order chi connectivity index (χ0) is 15.1. The van der Waals surface area contributed by atoms with Gasteiger partial charge < -0.3 is 19.5 Å². The Bertz CT molecular complexity index is 285. The molecule has 0 radical (unpaired) electrons. The molecular weight excluding hydrogens is 250 g/mol. The minimum Gasteiger partial charge on any atom is -0.483 e. The van der Waals surface area contributed by atoms with Crippen molar-refractivity contribution >= 4 is 12.6 Å². The highest BCUT2D eigenvalue weighted by molar-refractivity contribution is 5.68. The fraction of sp³-hybridized carbons (Fsp3) is 0.846. The molecule has 1 N–H and O–H groups in total. The number of amides is 1. The lowest BCUT2D eigenvalue weighted by atomic mass is 10.0. The lowest BCUT2D eigenvalue weighted by molar-refractivity contribution is -0.122. The first kappa shape index (κ1) is 17.7. The molecule has 1 fully saturated rings. The molecule has 6 heteroatoms. The molecule has 1 atom stereocenters. The quantitative estimate of drug-likeness (QED) is 0.740. The van der Waals surface area contributed by atoms with Crippen LogP contribution in [0, 0.1) is 5.92 Å². The Hall–Kier alpha value is -1.30. The Labute approximate surface area is 114 Å². The predicted molar refractivity (Wildman–Crippen MR) is 71.1 cm³/mol. The molecule has 0 aromatic carbocycles. The monoisotopic (exact) mass is 275 g/mol. The van der Waals surface area contributed by atoms with E-state index >= 15 is 0 Å². The third-order valence-electron chi connectivity index (χ3n) is 2.56. The van der Waals surface area contributed by atoms with E-state index in [0.717, 1.165) is 0 Å². The van der Waals surface area contributed by atoms with E-state index in [1.165, 1.54) is 0 Å². The fourth-order valence-corrected chi connectivity index (χ4v) is 1.72. The molecular formula is C13H25NO5. The Morgan fingerprint density at radius 3 is 2.42 bits per heavy atom. The topological polar surface area (TPSA) is 76.1 Å².